The molecule has 0 bridgehead atoms. The number of rotatable bonds is 5. The summed E-state index contributed by atoms with van der Waals surface area (Å²) in [4.78, 5) is 4.70. The topological polar surface area (TPSA) is 39.1 Å². The molecule has 2 aromatic carbocycles. The van der Waals surface area contributed by atoms with Crippen molar-refractivity contribution >= 4 is 11.6 Å². The van der Waals surface area contributed by atoms with Crippen LogP contribution in [-0.4, -0.2) is 22.2 Å². The molecule has 1 N–H and O–H groups in total. The highest BCUT2D eigenvalue weighted by Crippen LogP contribution is 2.22. The third kappa shape index (κ3) is 3.76. The zero-order valence-electron chi connectivity index (χ0n) is 13.9. The molecule has 0 saturated heterocycles. The number of halogens is 1. The summed E-state index contributed by atoms with van der Waals surface area (Å²) in [5.74, 6) is 0.987. The van der Waals surface area contributed by atoms with Crippen molar-refractivity contribution in [3.8, 4) is 11.3 Å². The molecule has 128 valence electrons. The smallest absolute Gasteiger partial charge is 0.135 e. The van der Waals surface area contributed by atoms with Crippen molar-refractivity contribution < 1.29 is 4.74 Å². The van der Waals surface area contributed by atoms with Crippen LogP contribution in [0.1, 0.15) is 11.4 Å². The van der Waals surface area contributed by atoms with Gasteiger partial charge in [0.2, 0.25) is 0 Å². The fourth-order valence-electron chi connectivity index (χ4n) is 3.07. The van der Waals surface area contributed by atoms with Gasteiger partial charge in [0.1, 0.15) is 12.4 Å². The van der Waals surface area contributed by atoms with Crippen molar-refractivity contribution in [3.63, 3.8) is 0 Å². The van der Waals surface area contributed by atoms with Crippen molar-refractivity contribution in [1.82, 2.24) is 14.9 Å². The van der Waals surface area contributed by atoms with Crippen LogP contribution in [0.3, 0.4) is 0 Å². The molecule has 2 heterocycles. The van der Waals surface area contributed by atoms with Crippen LogP contribution < -0.4 is 5.32 Å². The fourth-order valence-corrected chi connectivity index (χ4v) is 3.28. The van der Waals surface area contributed by atoms with Gasteiger partial charge in [-0.05, 0) is 11.6 Å². The maximum absolute atomic E-state index is 6.19. The minimum atomic E-state index is 0.132. The highest BCUT2D eigenvalue weighted by Gasteiger charge is 2.21. The number of hydrogen-bond acceptors (Lipinski definition) is 3. The fraction of sp³-hybridized carbons (Fsp3) is 0.250. The van der Waals surface area contributed by atoms with Gasteiger partial charge in [0.15, 0.2) is 0 Å². The molecule has 1 aromatic heterocycles. The zero-order valence-corrected chi connectivity index (χ0v) is 14.6. The molecule has 5 heteroatoms. The highest BCUT2D eigenvalue weighted by atomic mass is 35.5. The Kier molecular flexibility index (Phi) is 4.83. The number of ether oxygens (including phenoxy) is 1. The van der Waals surface area contributed by atoms with E-state index in [0.29, 0.717) is 6.61 Å². The predicted molar refractivity (Wildman–Crippen MR) is 99.4 cm³/mol. The molecule has 4 nitrogen and oxygen atoms in total. The zero-order chi connectivity index (χ0) is 17.1. The van der Waals surface area contributed by atoms with Gasteiger partial charge >= 0.3 is 0 Å². The van der Waals surface area contributed by atoms with Crippen LogP contribution in [0, 0.1) is 0 Å². The lowest BCUT2D eigenvalue weighted by atomic mass is 10.2. The second-order valence-corrected chi connectivity index (χ2v) is 6.62. The Balaban J connectivity index is 1.37. The molecular formula is C20H20ClN3O. The molecule has 0 saturated carbocycles. The predicted octanol–water partition coefficient (Wildman–Crippen LogP) is 3.89. The van der Waals surface area contributed by atoms with Gasteiger partial charge in [-0.3, -0.25) is 0 Å². The van der Waals surface area contributed by atoms with E-state index in [2.05, 4.69) is 28.2 Å². The molecule has 0 unspecified atom stereocenters. The maximum atomic E-state index is 6.19. The average Bonchev–Trinajstić information content (AvgIpc) is 3.07. The monoisotopic (exact) mass is 353 g/mol. The molecular weight excluding hydrogens is 334 g/mol. The molecule has 1 atom stereocenters. The van der Waals surface area contributed by atoms with Crippen LogP contribution in [0.4, 0.5) is 0 Å². The number of nitrogens with one attached hydrogen (secondary N) is 1. The van der Waals surface area contributed by atoms with Crippen LogP contribution in [0.5, 0.6) is 0 Å². The largest absolute Gasteiger partial charge is 0.367 e. The Morgan fingerprint density at radius 2 is 1.92 bits per heavy atom. The number of nitrogens with zero attached hydrogens (tertiary/aromatic N) is 2. The van der Waals surface area contributed by atoms with Crippen molar-refractivity contribution in [3.05, 3.63) is 77.2 Å². The third-order valence-corrected chi connectivity index (χ3v) is 4.79. The van der Waals surface area contributed by atoms with Gasteiger partial charge in [-0.25, -0.2) is 4.98 Å². The van der Waals surface area contributed by atoms with Crippen molar-refractivity contribution in [2.75, 3.05) is 6.54 Å². The van der Waals surface area contributed by atoms with Gasteiger partial charge in [0, 0.05) is 29.9 Å². The van der Waals surface area contributed by atoms with Gasteiger partial charge in [0.25, 0.3) is 0 Å². The summed E-state index contributed by atoms with van der Waals surface area (Å²) < 4.78 is 8.15. The van der Waals surface area contributed by atoms with Gasteiger partial charge < -0.3 is 14.6 Å². The quantitative estimate of drug-likeness (QED) is 0.756. The Morgan fingerprint density at radius 3 is 2.76 bits per heavy atom. The number of benzene rings is 2. The van der Waals surface area contributed by atoms with Gasteiger partial charge in [-0.2, -0.15) is 0 Å². The second-order valence-electron chi connectivity index (χ2n) is 6.22. The van der Waals surface area contributed by atoms with Gasteiger partial charge in [-0.15, -0.1) is 0 Å². The maximum Gasteiger partial charge on any atom is 0.135 e. The van der Waals surface area contributed by atoms with E-state index in [4.69, 9.17) is 21.3 Å². The van der Waals surface area contributed by atoms with E-state index in [9.17, 15) is 0 Å². The Labute approximate surface area is 152 Å². The molecule has 1 aliphatic rings. The first-order valence-corrected chi connectivity index (χ1v) is 8.84. The molecule has 0 fully saturated rings. The highest BCUT2D eigenvalue weighted by molar-refractivity contribution is 6.31. The van der Waals surface area contributed by atoms with Crippen molar-refractivity contribution in [2.45, 2.75) is 25.8 Å². The van der Waals surface area contributed by atoms with Crippen molar-refractivity contribution in [1.29, 1.82) is 0 Å². The summed E-state index contributed by atoms with van der Waals surface area (Å²) in [7, 11) is 0. The third-order valence-electron chi connectivity index (χ3n) is 4.42. The summed E-state index contributed by atoms with van der Waals surface area (Å²) in [5.41, 5.74) is 3.25. The number of fused-ring (bicyclic) bond motifs is 1. The molecule has 1 aliphatic heterocycles. The first-order valence-electron chi connectivity index (χ1n) is 8.47. The lowest BCUT2D eigenvalue weighted by molar-refractivity contribution is 0.00278. The van der Waals surface area contributed by atoms with Gasteiger partial charge in [-0.1, -0.05) is 60.1 Å². The summed E-state index contributed by atoms with van der Waals surface area (Å²) in [6.07, 6.45) is 2.25. The first-order chi connectivity index (χ1) is 12.3. The lowest BCUT2D eigenvalue weighted by Crippen LogP contribution is -2.36. The van der Waals surface area contributed by atoms with E-state index in [0.717, 1.165) is 47.3 Å². The van der Waals surface area contributed by atoms with Crippen LogP contribution in [0.25, 0.3) is 11.3 Å². The molecule has 0 spiro atoms. The van der Waals surface area contributed by atoms with E-state index in [1.54, 1.807) is 0 Å². The SMILES string of the molecule is Clc1ccccc1CNC[C@H]1Cn2cc(-c3ccccc3)nc2CO1. The molecule has 25 heavy (non-hydrogen) atoms. The van der Waals surface area contributed by atoms with E-state index >= 15 is 0 Å². The van der Waals surface area contributed by atoms with E-state index in [1.165, 1.54) is 0 Å². The van der Waals surface area contributed by atoms with Crippen LogP contribution in [-0.2, 0) is 24.4 Å². The van der Waals surface area contributed by atoms with E-state index in [1.807, 2.05) is 42.5 Å². The summed E-state index contributed by atoms with van der Waals surface area (Å²) in [6, 6.07) is 18.1. The van der Waals surface area contributed by atoms with Crippen LogP contribution >= 0.6 is 11.6 Å². The molecule has 3 aromatic rings. The Hall–Kier alpha value is -2.14. The molecule has 0 aliphatic carbocycles. The first kappa shape index (κ1) is 16.3. The summed E-state index contributed by atoms with van der Waals surface area (Å²) >= 11 is 6.19. The lowest BCUT2D eigenvalue weighted by Gasteiger charge is -2.24. The molecule has 0 radical (unpaired) electrons. The van der Waals surface area contributed by atoms with Gasteiger partial charge in [0.05, 0.1) is 18.3 Å². The summed E-state index contributed by atoms with van der Waals surface area (Å²) in [5, 5.41) is 4.23. The van der Waals surface area contributed by atoms with Crippen LogP contribution in [0.15, 0.2) is 60.8 Å². The van der Waals surface area contributed by atoms with Crippen LogP contribution in [0.2, 0.25) is 5.02 Å². The Morgan fingerprint density at radius 1 is 1.12 bits per heavy atom. The average molecular weight is 354 g/mol. The normalized spacial score (nSPS) is 16.6. The second kappa shape index (κ2) is 7.40. The van der Waals surface area contributed by atoms with E-state index in [-0.39, 0.29) is 6.10 Å². The minimum Gasteiger partial charge on any atom is -0.367 e. The number of imidazole rings is 1. The Bertz CT molecular complexity index is 847. The number of hydrogen-bond donors (Lipinski definition) is 1. The standard InChI is InChI=1S/C20H20ClN3O/c21-18-9-5-4-8-16(18)10-22-11-17-12-24-13-19(23-20(24)14-25-17)15-6-2-1-3-7-15/h1-9,13,17,22H,10-12,14H2/t17-/m0/s1. The summed E-state index contributed by atoms with van der Waals surface area (Å²) in [6.45, 7) is 2.88. The molecule has 0 amide bonds. The minimum absolute atomic E-state index is 0.132. The van der Waals surface area contributed by atoms with Crippen molar-refractivity contribution in [2.24, 2.45) is 0 Å². The van der Waals surface area contributed by atoms with E-state index < -0.39 is 0 Å². The molecule has 4 rings (SSSR count). The number of aromatic nitrogens is 2.